The number of methoxy groups -OCH3 is 3. The van der Waals surface area contributed by atoms with Crippen LogP contribution in [0.5, 0.6) is 17.2 Å². The van der Waals surface area contributed by atoms with E-state index in [4.69, 9.17) is 25.8 Å². The van der Waals surface area contributed by atoms with Crippen LogP contribution in [0, 0.1) is 0 Å². The molecule has 0 aromatic heterocycles. The van der Waals surface area contributed by atoms with E-state index in [0.717, 1.165) is 17.7 Å². The third kappa shape index (κ3) is 4.74. The number of nitrogens with zero attached hydrogens (tertiary/aromatic N) is 2. The lowest BCUT2D eigenvalue weighted by Crippen LogP contribution is -2.29. The highest BCUT2D eigenvalue weighted by Gasteiger charge is 2.33. The molecule has 3 rings (SSSR count). The predicted molar refractivity (Wildman–Crippen MR) is 122 cm³/mol. The van der Waals surface area contributed by atoms with Crippen LogP contribution in [-0.2, 0) is 4.79 Å². The Bertz CT molecular complexity index is 964. The lowest BCUT2D eigenvalue weighted by molar-refractivity contribution is -0.122. The summed E-state index contributed by atoms with van der Waals surface area (Å²) in [5.41, 5.74) is 1.51. The van der Waals surface area contributed by atoms with E-state index in [-0.39, 0.29) is 5.91 Å². The predicted octanol–water partition coefficient (Wildman–Crippen LogP) is 5.38. The van der Waals surface area contributed by atoms with Gasteiger partial charge in [-0.05, 0) is 66.2 Å². The van der Waals surface area contributed by atoms with Crippen molar-refractivity contribution in [3.63, 3.8) is 0 Å². The van der Waals surface area contributed by atoms with Gasteiger partial charge >= 0.3 is 0 Å². The molecule has 1 aliphatic heterocycles. The monoisotopic (exact) mass is 446 g/mol. The molecular formula is C22H23ClN2O4S. The van der Waals surface area contributed by atoms with E-state index in [1.54, 1.807) is 50.5 Å². The topological polar surface area (TPSA) is 60.4 Å². The van der Waals surface area contributed by atoms with Gasteiger partial charge in [0.05, 0.1) is 31.9 Å². The molecule has 0 atom stereocenters. The van der Waals surface area contributed by atoms with Crippen molar-refractivity contribution in [2.75, 3.05) is 27.9 Å². The lowest BCUT2D eigenvalue weighted by Gasteiger charge is -2.14. The molecule has 0 unspecified atom stereocenters. The lowest BCUT2D eigenvalue weighted by atomic mass is 10.1. The van der Waals surface area contributed by atoms with Crippen molar-refractivity contribution >= 4 is 46.2 Å². The highest BCUT2D eigenvalue weighted by molar-refractivity contribution is 8.18. The number of amides is 1. The Morgan fingerprint density at radius 1 is 1.07 bits per heavy atom. The van der Waals surface area contributed by atoms with Gasteiger partial charge in [-0.25, -0.2) is 4.99 Å². The molecule has 30 heavy (non-hydrogen) atoms. The number of benzene rings is 2. The van der Waals surface area contributed by atoms with Crippen LogP contribution >= 0.6 is 23.4 Å². The van der Waals surface area contributed by atoms with Gasteiger partial charge < -0.3 is 14.2 Å². The third-order valence-corrected chi connectivity index (χ3v) is 5.63. The summed E-state index contributed by atoms with van der Waals surface area (Å²) in [6.07, 6.45) is 2.63. The standard InChI is InChI=1S/C22H23ClN2O4S/c1-5-10-25-21(26)19(30-22(25)24-16-8-6-15(23)7-9-16)13-14-11-17(27-2)20(29-4)18(12-14)28-3/h6-9,11-13H,5,10H2,1-4H3/b19-13-,24-22?. The fraction of sp³-hybridized carbons (Fsp3) is 0.273. The van der Waals surface area contributed by atoms with E-state index in [1.165, 1.54) is 11.8 Å². The highest BCUT2D eigenvalue weighted by Crippen LogP contribution is 2.40. The Balaban J connectivity index is 1.99. The van der Waals surface area contributed by atoms with Crippen molar-refractivity contribution in [3.8, 4) is 17.2 Å². The van der Waals surface area contributed by atoms with E-state index in [0.29, 0.717) is 38.9 Å². The van der Waals surface area contributed by atoms with E-state index >= 15 is 0 Å². The first-order valence-corrected chi connectivity index (χ1v) is 10.6. The molecule has 2 aromatic carbocycles. The maximum absolute atomic E-state index is 13.0. The maximum atomic E-state index is 13.0. The molecule has 6 nitrogen and oxygen atoms in total. The Morgan fingerprint density at radius 2 is 1.70 bits per heavy atom. The van der Waals surface area contributed by atoms with Crippen LogP contribution in [0.4, 0.5) is 5.69 Å². The Morgan fingerprint density at radius 3 is 2.23 bits per heavy atom. The number of amidine groups is 1. The zero-order valence-electron chi connectivity index (χ0n) is 17.3. The minimum Gasteiger partial charge on any atom is -0.493 e. The van der Waals surface area contributed by atoms with Gasteiger partial charge in [-0.2, -0.15) is 0 Å². The summed E-state index contributed by atoms with van der Waals surface area (Å²) in [6.45, 7) is 2.61. The molecule has 1 amide bonds. The number of carbonyl (C=O) groups is 1. The van der Waals surface area contributed by atoms with Gasteiger partial charge in [0.1, 0.15) is 0 Å². The van der Waals surface area contributed by atoms with Gasteiger partial charge in [-0.3, -0.25) is 9.69 Å². The summed E-state index contributed by atoms with van der Waals surface area (Å²) in [7, 11) is 4.67. The van der Waals surface area contributed by atoms with E-state index in [9.17, 15) is 4.79 Å². The molecule has 0 bridgehead atoms. The first-order chi connectivity index (χ1) is 14.5. The molecule has 0 radical (unpaired) electrons. The van der Waals surface area contributed by atoms with Crippen LogP contribution in [0.25, 0.3) is 6.08 Å². The number of aliphatic imine (C=N–C) groups is 1. The number of thioether (sulfide) groups is 1. The number of hydrogen-bond acceptors (Lipinski definition) is 6. The van der Waals surface area contributed by atoms with Crippen molar-refractivity contribution in [1.29, 1.82) is 0 Å². The van der Waals surface area contributed by atoms with Gasteiger partial charge in [-0.15, -0.1) is 0 Å². The van der Waals surface area contributed by atoms with Crippen LogP contribution < -0.4 is 14.2 Å². The Hall–Kier alpha value is -2.64. The molecule has 1 saturated heterocycles. The molecule has 0 N–H and O–H groups in total. The number of carbonyl (C=O) groups excluding carboxylic acids is 1. The highest BCUT2D eigenvalue weighted by atomic mass is 35.5. The quantitative estimate of drug-likeness (QED) is 0.534. The largest absolute Gasteiger partial charge is 0.493 e. The fourth-order valence-electron chi connectivity index (χ4n) is 2.97. The van der Waals surface area contributed by atoms with Crippen molar-refractivity contribution < 1.29 is 19.0 Å². The average Bonchev–Trinajstić information content (AvgIpc) is 3.03. The van der Waals surface area contributed by atoms with Crippen molar-refractivity contribution in [2.45, 2.75) is 13.3 Å². The zero-order valence-corrected chi connectivity index (χ0v) is 18.8. The second-order valence-electron chi connectivity index (χ2n) is 6.40. The van der Waals surface area contributed by atoms with Crippen LogP contribution in [-0.4, -0.2) is 43.8 Å². The molecule has 8 heteroatoms. The number of hydrogen-bond donors (Lipinski definition) is 0. The number of rotatable bonds is 7. The van der Waals surface area contributed by atoms with Crippen LogP contribution in [0.15, 0.2) is 46.3 Å². The molecule has 2 aromatic rings. The second kappa shape index (κ2) is 9.91. The molecule has 0 saturated carbocycles. The van der Waals surface area contributed by atoms with Crippen LogP contribution in [0.3, 0.4) is 0 Å². The van der Waals surface area contributed by atoms with E-state index < -0.39 is 0 Å². The van der Waals surface area contributed by atoms with E-state index in [2.05, 4.69) is 4.99 Å². The summed E-state index contributed by atoms with van der Waals surface area (Å²) >= 11 is 7.30. The van der Waals surface area contributed by atoms with Crippen molar-refractivity contribution in [1.82, 2.24) is 4.90 Å². The molecule has 0 aliphatic carbocycles. The molecule has 1 heterocycles. The van der Waals surface area contributed by atoms with Crippen LogP contribution in [0.2, 0.25) is 5.02 Å². The molecule has 158 valence electrons. The third-order valence-electron chi connectivity index (χ3n) is 4.37. The van der Waals surface area contributed by atoms with Gasteiger partial charge in [0.2, 0.25) is 5.75 Å². The Kier molecular flexibility index (Phi) is 7.29. The SMILES string of the molecule is CCCN1C(=O)/C(=C/c2cc(OC)c(OC)c(OC)c2)SC1=Nc1ccc(Cl)cc1. The first kappa shape index (κ1) is 22.1. The normalized spacial score (nSPS) is 16.4. The summed E-state index contributed by atoms with van der Waals surface area (Å²) in [4.78, 5) is 20.0. The second-order valence-corrected chi connectivity index (χ2v) is 7.84. The Labute approximate surface area is 185 Å². The van der Waals surface area contributed by atoms with Crippen molar-refractivity contribution in [3.05, 3.63) is 51.9 Å². The molecule has 0 spiro atoms. The summed E-state index contributed by atoms with van der Waals surface area (Å²) in [5, 5.41) is 1.28. The van der Waals surface area contributed by atoms with Gasteiger partial charge in [0.15, 0.2) is 16.7 Å². The minimum atomic E-state index is -0.0803. The first-order valence-electron chi connectivity index (χ1n) is 9.36. The molecule has 1 fully saturated rings. The molecular weight excluding hydrogens is 424 g/mol. The smallest absolute Gasteiger partial charge is 0.266 e. The van der Waals surface area contributed by atoms with Crippen molar-refractivity contribution in [2.24, 2.45) is 4.99 Å². The molecule has 1 aliphatic rings. The van der Waals surface area contributed by atoms with E-state index in [1.807, 2.05) is 25.1 Å². The fourth-order valence-corrected chi connectivity index (χ4v) is 4.12. The number of ether oxygens (including phenoxy) is 3. The number of halogens is 1. The van der Waals surface area contributed by atoms with Gasteiger partial charge in [0, 0.05) is 11.6 Å². The van der Waals surface area contributed by atoms with Gasteiger partial charge in [0.25, 0.3) is 5.91 Å². The average molecular weight is 447 g/mol. The summed E-state index contributed by atoms with van der Waals surface area (Å²) < 4.78 is 16.2. The summed E-state index contributed by atoms with van der Waals surface area (Å²) in [5.74, 6) is 1.48. The van der Waals surface area contributed by atoms with Gasteiger partial charge in [-0.1, -0.05) is 18.5 Å². The van der Waals surface area contributed by atoms with Crippen LogP contribution in [0.1, 0.15) is 18.9 Å². The minimum absolute atomic E-state index is 0.0803. The zero-order chi connectivity index (χ0) is 21.7. The maximum Gasteiger partial charge on any atom is 0.266 e. The summed E-state index contributed by atoms with van der Waals surface area (Å²) in [6, 6.07) is 10.8.